The number of thiophene rings is 1. The average Bonchev–Trinajstić information content (AvgIpc) is 2.93. The first-order valence-corrected chi connectivity index (χ1v) is 7.45. The van der Waals surface area contributed by atoms with Crippen molar-refractivity contribution in [2.45, 2.75) is 13.3 Å². The van der Waals surface area contributed by atoms with Crippen molar-refractivity contribution in [2.24, 2.45) is 0 Å². The van der Waals surface area contributed by atoms with E-state index < -0.39 is 11.5 Å². The highest BCUT2D eigenvalue weighted by Crippen LogP contribution is 2.28. The molecule has 21 heavy (non-hydrogen) atoms. The standard InChI is InChI=1S/C16H13NO3S/c1-2-9-8-12(16(19)20)15(18)17-14(9)11-3-4-13-10(7-11)5-6-21-13/h3-8H,2H2,1H3,(H,17,18)(H,19,20). The molecule has 2 heterocycles. The van der Waals surface area contributed by atoms with Gasteiger partial charge in [-0.1, -0.05) is 13.0 Å². The summed E-state index contributed by atoms with van der Waals surface area (Å²) < 4.78 is 1.18. The van der Waals surface area contributed by atoms with E-state index in [-0.39, 0.29) is 5.56 Å². The Bertz CT molecular complexity index is 892. The quantitative estimate of drug-likeness (QED) is 0.777. The molecule has 0 saturated heterocycles. The van der Waals surface area contributed by atoms with E-state index in [2.05, 4.69) is 4.98 Å². The number of carboxylic acid groups (broad SMARTS) is 1. The Kier molecular flexibility index (Phi) is 3.35. The summed E-state index contributed by atoms with van der Waals surface area (Å²) in [5.41, 5.74) is 1.63. The molecule has 0 saturated carbocycles. The fraction of sp³-hybridized carbons (Fsp3) is 0.125. The molecule has 4 nitrogen and oxygen atoms in total. The zero-order chi connectivity index (χ0) is 15.0. The third kappa shape index (κ3) is 2.36. The third-order valence-electron chi connectivity index (χ3n) is 3.48. The maximum atomic E-state index is 11.9. The van der Waals surface area contributed by atoms with Crippen LogP contribution in [0.25, 0.3) is 21.3 Å². The SMILES string of the molecule is CCc1cc(C(=O)O)c(=O)[nH]c1-c1ccc2sccc2c1. The number of aromatic nitrogens is 1. The van der Waals surface area contributed by atoms with Crippen molar-refractivity contribution in [3.63, 3.8) is 0 Å². The molecule has 5 heteroatoms. The molecule has 1 aromatic carbocycles. The van der Waals surface area contributed by atoms with Crippen molar-refractivity contribution in [1.82, 2.24) is 4.98 Å². The summed E-state index contributed by atoms with van der Waals surface area (Å²) in [7, 11) is 0. The van der Waals surface area contributed by atoms with E-state index in [0.717, 1.165) is 16.5 Å². The molecule has 2 aromatic heterocycles. The summed E-state index contributed by atoms with van der Waals surface area (Å²) in [6.45, 7) is 1.94. The van der Waals surface area contributed by atoms with Crippen molar-refractivity contribution in [2.75, 3.05) is 0 Å². The maximum Gasteiger partial charge on any atom is 0.341 e. The Balaban J connectivity index is 2.23. The van der Waals surface area contributed by atoms with Gasteiger partial charge in [0.1, 0.15) is 5.56 Å². The first-order valence-electron chi connectivity index (χ1n) is 6.57. The molecule has 0 radical (unpaired) electrons. The molecule has 0 aliphatic carbocycles. The molecule has 3 aromatic rings. The van der Waals surface area contributed by atoms with Crippen LogP contribution in [0.15, 0.2) is 40.5 Å². The molecular weight excluding hydrogens is 286 g/mol. The zero-order valence-electron chi connectivity index (χ0n) is 11.3. The monoisotopic (exact) mass is 299 g/mol. The maximum absolute atomic E-state index is 11.9. The number of pyridine rings is 1. The minimum absolute atomic E-state index is 0.216. The molecule has 0 aliphatic rings. The third-order valence-corrected chi connectivity index (χ3v) is 4.37. The molecular formula is C16H13NO3S. The van der Waals surface area contributed by atoms with E-state index in [1.165, 1.54) is 10.8 Å². The molecule has 0 fully saturated rings. The average molecular weight is 299 g/mol. The highest BCUT2D eigenvalue weighted by molar-refractivity contribution is 7.17. The summed E-state index contributed by atoms with van der Waals surface area (Å²) in [5, 5.41) is 12.2. The van der Waals surface area contributed by atoms with Crippen LogP contribution in [0.3, 0.4) is 0 Å². The van der Waals surface area contributed by atoms with Crippen molar-refractivity contribution in [3.05, 3.63) is 57.2 Å². The second kappa shape index (κ2) is 5.18. The fourth-order valence-corrected chi connectivity index (χ4v) is 3.16. The molecule has 0 amide bonds. The van der Waals surface area contributed by atoms with Gasteiger partial charge in [-0.3, -0.25) is 4.79 Å². The lowest BCUT2D eigenvalue weighted by molar-refractivity contribution is 0.0695. The van der Waals surface area contributed by atoms with E-state index in [4.69, 9.17) is 5.11 Å². The number of aromatic carboxylic acids is 1. The van der Waals surface area contributed by atoms with E-state index in [9.17, 15) is 9.59 Å². The number of hydrogen-bond donors (Lipinski definition) is 2. The molecule has 0 spiro atoms. The highest BCUT2D eigenvalue weighted by atomic mass is 32.1. The number of aromatic amines is 1. The number of carboxylic acids is 1. The normalized spacial score (nSPS) is 10.9. The van der Waals surface area contributed by atoms with Gasteiger partial charge in [0.2, 0.25) is 0 Å². The molecule has 106 valence electrons. The van der Waals surface area contributed by atoms with Crippen LogP contribution < -0.4 is 5.56 Å². The largest absolute Gasteiger partial charge is 0.477 e. The number of benzene rings is 1. The van der Waals surface area contributed by atoms with Gasteiger partial charge < -0.3 is 10.1 Å². The summed E-state index contributed by atoms with van der Waals surface area (Å²) in [5.74, 6) is -1.20. The first kappa shape index (κ1) is 13.6. The summed E-state index contributed by atoms with van der Waals surface area (Å²) in [6, 6.07) is 9.46. The molecule has 0 unspecified atom stereocenters. The van der Waals surface area contributed by atoms with Crippen LogP contribution in [-0.2, 0) is 6.42 Å². The minimum Gasteiger partial charge on any atom is -0.477 e. The smallest absolute Gasteiger partial charge is 0.341 e. The molecule has 0 aliphatic heterocycles. The van der Waals surface area contributed by atoms with Crippen LogP contribution in [0.1, 0.15) is 22.8 Å². The van der Waals surface area contributed by atoms with Crippen molar-refractivity contribution >= 4 is 27.4 Å². The summed E-state index contributed by atoms with van der Waals surface area (Å²) in [6.07, 6.45) is 0.647. The second-order valence-corrected chi connectivity index (χ2v) is 5.69. The molecule has 2 N–H and O–H groups in total. The van der Waals surface area contributed by atoms with Crippen LogP contribution in [-0.4, -0.2) is 16.1 Å². The number of fused-ring (bicyclic) bond motifs is 1. The van der Waals surface area contributed by atoms with Crippen LogP contribution >= 0.6 is 11.3 Å². The summed E-state index contributed by atoms with van der Waals surface area (Å²) >= 11 is 1.66. The Hall–Kier alpha value is -2.40. The fourth-order valence-electron chi connectivity index (χ4n) is 2.39. The predicted octanol–water partition coefficient (Wildman–Crippen LogP) is 3.52. The number of hydrogen-bond acceptors (Lipinski definition) is 3. The van der Waals surface area contributed by atoms with Gasteiger partial charge in [0, 0.05) is 4.70 Å². The number of aryl methyl sites for hydroxylation is 1. The van der Waals surface area contributed by atoms with E-state index in [1.54, 1.807) is 11.3 Å². The van der Waals surface area contributed by atoms with Gasteiger partial charge in [-0.25, -0.2) is 4.79 Å². The number of rotatable bonds is 3. The molecule has 3 rings (SSSR count). The molecule has 0 bridgehead atoms. The van der Waals surface area contributed by atoms with Crippen LogP contribution in [0.2, 0.25) is 0 Å². The lowest BCUT2D eigenvalue weighted by atomic mass is 10.0. The Morgan fingerprint density at radius 3 is 2.81 bits per heavy atom. The summed E-state index contributed by atoms with van der Waals surface area (Å²) in [4.78, 5) is 25.7. The predicted molar refractivity (Wildman–Crippen MR) is 84.2 cm³/mol. The van der Waals surface area contributed by atoms with Crippen molar-refractivity contribution in [1.29, 1.82) is 0 Å². The van der Waals surface area contributed by atoms with Gasteiger partial charge in [-0.2, -0.15) is 0 Å². The Labute approximate surface area is 124 Å². The lowest BCUT2D eigenvalue weighted by Gasteiger charge is -2.09. The van der Waals surface area contributed by atoms with Crippen LogP contribution in [0, 0.1) is 0 Å². The first-order chi connectivity index (χ1) is 10.1. The van der Waals surface area contributed by atoms with Gasteiger partial charge in [0.15, 0.2) is 0 Å². The molecule has 0 atom stereocenters. The Morgan fingerprint density at radius 2 is 2.10 bits per heavy atom. The Morgan fingerprint density at radius 1 is 1.29 bits per heavy atom. The van der Waals surface area contributed by atoms with E-state index >= 15 is 0 Å². The van der Waals surface area contributed by atoms with Crippen molar-refractivity contribution < 1.29 is 9.90 Å². The topological polar surface area (TPSA) is 70.2 Å². The number of nitrogens with one attached hydrogen (secondary N) is 1. The van der Waals surface area contributed by atoms with Crippen LogP contribution in [0.5, 0.6) is 0 Å². The van der Waals surface area contributed by atoms with Gasteiger partial charge in [-0.15, -0.1) is 11.3 Å². The van der Waals surface area contributed by atoms with E-state index in [0.29, 0.717) is 12.1 Å². The van der Waals surface area contributed by atoms with Gasteiger partial charge in [0.05, 0.1) is 5.69 Å². The minimum atomic E-state index is -1.20. The van der Waals surface area contributed by atoms with Crippen LogP contribution in [0.4, 0.5) is 0 Å². The van der Waals surface area contributed by atoms with Gasteiger partial charge >= 0.3 is 5.97 Å². The number of H-pyrrole nitrogens is 1. The second-order valence-electron chi connectivity index (χ2n) is 4.74. The van der Waals surface area contributed by atoms with Crippen molar-refractivity contribution in [3.8, 4) is 11.3 Å². The van der Waals surface area contributed by atoms with Gasteiger partial charge in [0.25, 0.3) is 5.56 Å². The van der Waals surface area contributed by atoms with E-state index in [1.807, 2.05) is 36.6 Å². The zero-order valence-corrected chi connectivity index (χ0v) is 12.2. The number of carbonyl (C=O) groups is 1. The highest BCUT2D eigenvalue weighted by Gasteiger charge is 2.14. The van der Waals surface area contributed by atoms with Gasteiger partial charge in [-0.05, 0) is 52.6 Å². The lowest BCUT2D eigenvalue weighted by Crippen LogP contribution is -2.19.